The summed E-state index contributed by atoms with van der Waals surface area (Å²) in [5, 5.41) is 4.46. The van der Waals surface area contributed by atoms with Gasteiger partial charge in [0.2, 0.25) is 5.91 Å². The van der Waals surface area contributed by atoms with Crippen LogP contribution in [-0.4, -0.2) is 47.4 Å². The van der Waals surface area contributed by atoms with Gasteiger partial charge in [0.05, 0.1) is 0 Å². The first-order chi connectivity index (χ1) is 8.74. The summed E-state index contributed by atoms with van der Waals surface area (Å²) in [6, 6.07) is 0.605. The van der Waals surface area contributed by atoms with Crippen molar-refractivity contribution in [2.75, 3.05) is 25.4 Å². The standard InChI is InChI=1S/C13H23N3OS/c1-3-16(4-2)12(17)8-14-13-15-11-7-5-6-10(11)9-18-13/h10-11H,3-9H2,1-2H3,(H,14,15). The van der Waals surface area contributed by atoms with Crippen LogP contribution in [0.2, 0.25) is 0 Å². The van der Waals surface area contributed by atoms with Crippen LogP contribution in [0.5, 0.6) is 0 Å². The van der Waals surface area contributed by atoms with Crippen LogP contribution in [0.4, 0.5) is 0 Å². The van der Waals surface area contributed by atoms with Gasteiger partial charge in [0.15, 0.2) is 5.17 Å². The van der Waals surface area contributed by atoms with Crippen molar-refractivity contribution in [2.24, 2.45) is 10.9 Å². The van der Waals surface area contributed by atoms with Gasteiger partial charge in [-0.1, -0.05) is 18.2 Å². The third-order valence-corrected chi connectivity index (χ3v) is 4.99. The summed E-state index contributed by atoms with van der Waals surface area (Å²) in [5.41, 5.74) is 0. The predicted molar refractivity (Wildman–Crippen MR) is 77.0 cm³/mol. The van der Waals surface area contributed by atoms with Gasteiger partial charge in [-0.2, -0.15) is 0 Å². The summed E-state index contributed by atoms with van der Waals surface area (Å²) < 4.78 is 0. The second-order valence-corrected chi connectivity index (χ2v) is 5.95. The number of likely N-dealkylation sites (N-methyl/N-ethyl adjacent to an activating group) is 1. The quantitative estimate of drug-likeness (QED) is 0.845. The first kappa shape index (κ1) is 13.7. The second-order valence-electron chi connectivity index (χ2n) is 4.94. The predicted octanol–water partition coefficient (Wildman–Crippen LogP) is 1.72. The minimum Gasteiger partial charge on any atom is -0.362 e. The molecule has 1 aliphatic carbocycles. The van der Waals surface area contributed by atoms with E-state index in [0.717, 1.165) is 29.9 Å². The Balaban J connectivity index is 1.84. The summed E-state index contributed by atoms with van der Waals surface area (Å²) in [6.45, 7) is 5.84. The van der Waals surface area contributed by atoms with Crippen LogP contribution in [0.3, 0.4) is 0 Å². The summed E-state index contributed by atoms with van der Waals surface area (Å²) in [4.78, 5) is 18.1. The molecule has 1 aliphatic heterocycles. The Morgan fingerprint density at radius 3 is 2.94 bits per heavy atom. The Morgan fingerprint density at radius 2 is 2.22 bits per heavy atom. The number of amidine groups is 1. The summed E-state index contributed by atoms with van der Waals surface area (Å²) in [7, 11) is 0. The fraction of sp³-hybridized carbons (Fsp3) is 0.846. The van der Waals surface area contributed by atoms with E-state index in [0.29, 0.717) is 6.04 Å². The lowest BCUT2D eigenvalue weighted by Crippen LogP contribution is -2.42. The fourth-order valence-electron chi connectivity index (χ4n) is 2.72. The molecule has 0 bridgehead atoms. The molecule has 2 unspecified atom stereocenters. The van der Waals surface area contributed by atoms with Crippen LogP contribution in [0.15, 0.2) is 4.99 Å². The van der Waals surface area contributed by atoms with Gasteiger partial charge in [0, 0.05) is 24.9 Å². The number of carbonyl (C=O) groups is 1. The molecule has 2 rings (SSSR count). The minimum absolute atomic E-state index is 0.128. The lowest BCUT2D eigenvalue weighted by Gasteiger charge is -2.28. The van der Waals surface area contributed by atoms with E-state index in [2.05, 4.69) is 10.3 Å². The van der Waals surface area contributed by atoms with Crippen LogP contribution >= 0.6 is 11.8 Å². The molecule has 0 aromatic rings. The number of amides is 1. The lowest BCUT2D eigenvalue weighted by molar-refractivity contribution is -0.129. The van der Waals surface area contributed by atoms with Gasteiger partial charge in [0.25, 0.3) is 0 Å². The van der Waals surface area contributed by atoms with Crippen LogP contribution in [-0.2, 0) is 4.79 Å². The molecule has 2 atom stereocenters. The van der Waals surface area contributed by atoms with E-state index in [9.17, 15) is 4.79 Å². The molecule has 1 heterocycles. The number of nitrogens with zero attached hydrogens (tertiary/aromatic N) is 2. The van der Waals surface area contributed by atoms with Crippen molar-refractivity contribution in [3.8, 4) is 0 Å². The zero-order valence-electron chi connectivity index (χ0n) is 11.3. The maximum atomic E-state index is 11.9. The SMILES string of the molecule is CCN(CC)C(=O)CN=C1NC2CCCC2CS1. The second kappa shape index (κ2) is 6.45. The van der Waals surface area contributed by atoms with Crippen molar-refractivity contribution in [3.63, 3.8) is 0 Å². The van der Waals surface area contributed by atoms with E-state index < -0.39 is 0 Å². The van der Waals surface area contributed by atoms with Crippen LogP contribution in [0.25, 0.3) is 0 Å². The Kier molecular flexibility index (Phi) is 4.92. The molecule has 5 heteroatoms. The molecule has 102 valence electrons. The molecule has 0 aromatic heterocycles. The summed E-state index contributed by atoms with van der Waals surface area (Å²) in [5.74, 6) is 2.10. The Bertz CT molecular complexity index is 328. The maximum absolute atomic E-state index is 11.9. The zero-order chi connectivity index (χ0) is 13.0. The number of aliphatic imine (C=N–C) groups is 1. The van der Waals surface area contributed by atoms with Gasteiger partial charge in [0.1, 0.15) is 6.54 Å². The third kappa shape index (κ3) is 3.19. The van der Waals surface area contributed by atoms with Gasteiger partial charge in [-0.15, -0.1) is 0 Å². The van der Waals surface area contributed by atoms with Crippen molar-refractivity contribution in [2.45, 2.75) is 39.2 Å². The molecular weight excluding hydrogens is 246 g/mol. The van der Waals surface area contributed by atoms with Gasteiger partial charge in [-0.25, -0.2) is 0 Å². The van der Waals surface area contributed by atoms with Gasteiger partial charge < -0.3 is 10.2 Å². The highest BCUT2D eigenvalue weighted by molar-refractivity contribution is 8.13. The van der Waals surface area contributed by atoms with E-state index in [4.69, 9.17) is 0 Å². The fourth-order valence-corrected chi connectivity index (χ4v) is 3.88. The zero-order valence-corrected chi connectivity index (χ0v) is 12.1. The minimum atomic E-state index is 0.128. The van der Waals surface area contributed by atoms with E-state index >= 15 is 0 Å². The first-order valence-electron chi connectivity index (χ1n) is 6.96. The molecule has 2 aliphatic rings. The number of fused-ring (bicyclic) bond motifs is 1. The summed E-state index contributed by atoms with van der Waals surface area (Å²) >= 11 is 1.78. The molecule has 0 radical (unpaired) electrons. The third-order valence-electron chi connectivity index (χ3n) is 3.88. The highest BCUT2D eigenvalue weighted by Gasteiger charge is 2.32. The smallest absolute Gasteiger partial charge is 0.244 e. The van der Waals surface area contributed by atoms with E-state index in [-0.39, 0.29) is 12.5 Å². The molecule has 18 heavy (non-hydrogen) atoms. The van der Waals surface area contributed by atoms with Crippen molar-refractivity contribution in [1.82, 2.24) is 10.2 Å². The molecule has 2 fully saturated rings. The highest BCUT2D eigenvalue weighted by Crippen LogP contribution is 2.32. The van der Waals surface area contributed by atoms with Crippen molar-refractivity contribution < 1.29 is 4.79 Å². The topological polar surface area (TPSA) is 44.7 Å². The van der Waals surface area contributed by atoms with Crippen molar-refractivity contribution in [3.05, 3.63) is 0 Å². The van der Waals surface area contributed by atoms with Crippen LogP contribution in [0.1, 0.15) is 33.1 Å². The van der Waals surface area contributed by atoms with E-state index in [1.807, 2.05) is 18.7 Å². The number of rotatable bonds is 4. The summed E-state index contributed by atoms with van der Waals surface area (Å²) in [6.07, 6.45) is 3.93. The highest BCUT2D eigenvalue weighted by atomic mass is 32.2. The Morgan fingerprint density at radius 1 is 1.44 bits per heavy atom. The molecule has 0 spiro atoms. The van der Waals surface area contributed by atoms with Gasteiger partial charge >= 0.3 is 0 Å². The van der Waals surface area contributed by atoms with Crippen molar-refractivity contribution in [1.29, 1.82) is 0 Å². The maximum Gasteiger partial charge on any atom is 0.244 e. The molecule has 1 saturated carbocycles. The monoisotopic (exact) mass is 269 g/mol. The lowest BCUT2D eigenvalue weighted by atomic mass is 10.1. The van der Waals surface area contributed by atoms with E-state index in [1.54, 1.807) is 11.8 Å². The first-order valence-corrected chi connectivity index (χ1v) is 7.94. The number of carbonyl (C=O) groups excluding carboxylic acids is 1. The number of hydrogen-bond acceptors (Lipinski definition) is 3. The van der Waals surface area contributed by atoms with E-state index in [1.165, 1.54) is 19.3 Å². The van der Waals surface area contributed by atoms with Gasteiger partial charge in [-0.05, 0) is 32.6 Å². The van der Waals surface area contributed by atoms with Gasteiger partial charge in [-0.3, -0.25) is 9.79 Å². The number of nitrogens with one attached hydrogen (secondary N) is 1. The average molecular weight is 269 g/mol. The largest absolute Gasteiger partial charge is 0.362 e. The Labute approximate surface area is 114 Å². The van der Waals surface area contributed by atoms with Crippen molar-refractivity contribution >= 4 is 22.8 Å². The number of thioether (sulfide) groups is 1. The molecule has 1 N–H and O–H groups in total. The Hall–Kier alpha value is -0.710. The molecule has 1 amide bonds. The average Bonchev–Trinajstić information content (AvgIpc) is 2.85. The van der Waals surface area contributed by atoms with Crippen LogP contribution < -0.4 is 5.32 Å². The normalized spacial score (nSPS) is 28.9. The molecular formula is C13H23N3OS. The van der Waals surface area contributed by atoms with Crippen LogP contribution in [0, 0.1) is 5.92 Å². The molecule has 1 saturated heterocycles. The molecule has 0 aromatic carbocycles. The molecule has 4 nitrogen and oxygen atoms in total. The number of hydrogen-bond donors (Lipinski definition) is 1.